The number of benzene rings is 1. The number of nitrogens with zero attached hydrogens (tertiary/aromatic N) is 2. The van der Waals surface area contributed by atoms with Crippen LogP contribution in [0.25, 0.3) is 0 Å². The van der Waals surface area contributed by atoms with Crippen molar-refractivity contribution in [1.82, 2.24) is 10.2 Å². The first kappa shape index (κ1) is 10.4. The van der Waals surface area contributed by atoms with Gasteiger partial charge >= 0.3 is 0 Å². The third kappa shape index (κ3) is 1.93. The summed E-state index contributed by atoms with van der Waals surface area (Å²) in [7, 11) is 1.62. The van der Waals surface area contributed by atoms with Crippen molar-refractivity contribution < 1.29 is 9.18 Å². The van der Waals surface area contributed by atoms with Crippen LogP contribution in [0.3, 0.4) is 0 Å². The first-order valence-corrected chi connectivity index (χ1v) is 4.71. The fourth-order valence-corrected chi connectivity index (χ4v) is 1.34. The van der Waals surface area contributed by atoms with Crippen molar-refractivity contribution in [2.45, 2.75) is 0 Å². The molecule has 16 heavy (non-hydrogen) atoms. The lowest BCUT2D eigenvalue weighted by molar-refractivity contribution is 0.0988. The van der Waals surface area contributed by atoms with Gasteiger partial charge in [0.1, 0.15) is 11.5 Å². The van der Waals surface area contributed by atoms with Gasteiger partial charge in [-0.2, -0.15) is 5.10 Å². The summed E-state index contributed by atoms with van der Waals surface area (Å²) in [6, 6.07) is 7.30. The smallest absolute Gasteiger partial charge is 0.276 e. The Bertz CT molecular complexity index is 478. The van der Waals surface area contributed by atoms with Gasteiger partial charge in [-0.3, -0.25) is 9.89 Å². The van der Waals surface area contributed by atoms with Crippen LogP contribution in [0.2, 0.25) is 0 Å². The molecule has 2 rings (SSSR count). The summed E-state index contributed by atoms with van der Waals surface area (Å²) in [5, 5.41) is 6.28. The van der Waals surface area contributed by atoms with Gasteiger partial charge in [-0.1, -0.05) is 0 Å². The van der Waals surface area contributed by atoms with Crippen molar-refractivity contribution in [2.24, 2.45) is 0 Å². The van der Waals surface area contributed by atoms with Gasteiger partial charge in [-0.25, -0.2) is 4.39 Å². The van der Waals surface area contributed by atoms with E-state index in [0.29, 0.717) is 11.4 Å². The Hall–Kier alpha value is -2.17. The van der Waals surface area contributed by atoms with Gasteiger partial charge in [-0.15, -0.1) is 0 Å². The Kier molecular flexibility index (Phi) is 2.68. The van der Waals surface area contributed by atoms with Crippen LogP contribution in [0.4, 0.5) is 10.1 Å². The number of rotatable bonds is 2. The number of nitrogens with one attached hydrogen (secondary N) is 1. The van der Waals surface area contributed by atoms with Crippen molar-refractivity contribution >= 4 is 11.6 Å². The van der Waals surface area contributed by atoms with E-state index in [4.69, 9.17) is 0 Å². The number of hydrogen-bond donors (Lipinski definition) is 1. The van der Waals surface area contributed by atoms with Crippen molar-refractivity contribution in [2.75, 3.05) is 11.9 Å². The van der Waals surface area contributed by atoms with Crippen LogP contribution in [0.5, 0.6) is 0 Å². The van der Waals surface area contributed by atoms with Crippen LogP contribution in [0, 0.1) is 5.82 Å². The van der Waals surface area contributed by atoms with Crippen LogP contribution in [-0.2, 0) is 0 Å². The second-order valence-corrected chi connectivity index (χ2v) is 3.31. The molecule has 0 aliphatic heterocycles. The normalized spacial score (nSPS) is 10.1. The molecule has 4 nitrogen and oxygen atoms in total. The number of H-pyrrole nitrogens is 1. The van der Waals surface area contributed by atoms with Gasteiger partial charge in [0.25, 0.3) is 5.91 Å². The molecule has 0 unspecified atom stereocenters. The Morgan fingerprint density at radius 2 is 2.00 bits per heavy atom. The molecule has 5 heteroatoms. The molecule has 1 aromatic carbocycles. The highest BCUT2D eigenvalue weighted by atomic mass is 19.1. The molecular formula is C11H10FN3O. The quantitative estimate of drug-likeness (QED) is 0.837. The predicted molar refractivity (Wildman–Crippen MR) is 57.7 cm³/mol. The van der Waals surface area contributed by atoms with Gasteiger partial charge in [0.15, 0.2) is 0 Å². The van der Waals surface area contributed by atoms with Gasteiger partial charge in [0.05, 0.1) is 0 Å². The molecular weight excluding hydrogens is 209 g/mol. The van der Waals surface area contributed by atoms with Crippen molar-refractivity contribution in [3.05, 3.63) is 48.0 Å². The monoisotopic (exact) mass is 219 g/mol. The second-order valence-electron chi connectivity index (χ2n) is 3.31. The molecule has 1 heterocycles. The minimum absolute atomic E-state index is 0.218. The van der Waals surface area contributed by atoms with E-state index in [0.717, 1.165) is 0 Å². The summed E-state index contributed by atoms with van der Waals surface area (Å²) in [6.07, 6.45) is 1.51. The van der Waals surface area contributed by atoms with E-state index in [1.165, 1.54) is 23.2 Å². The van der Waals surface area contributed by atoms with E-state index >= 15 is 0 Å². The maximum Gasteiger partial charge on any atom is 0.276 e. The molecule has 1 amide bonds. The summed E-state index contributed by atoms with van der Waals surface area (Å²) in [5.74, 6) is -0.546. The molecule has 0 radical (unpaired) electrons. The number of amides is 1. The van der Waals surface area contributed by atoms with E-state index in [1.54, 1.807) is 25.2 Å². The van der Waals surface area contributed by atoms with Crippen LogP contribution in [-0.4, -0.2) is 23.2 Å². The highest BCUT2D eigenvalue weighted by Gasteiger charge is 2.14. The van der Waals surface area contributed by atoms with Crippen LogP contribution in [0.15, 0.2) is 36.5 Å². The fourth-order valence-electron chi connectivity index (χ4n) is 1.34. The molecule has 0 atom stereocenters. The summed E-state index contributed by atoms with van der Waals surface area (Å²) in [4.78, 5) is 13.3. The molecule has 1 N–H and O–H groups in total. The summed E-state index contributed by atoms with van der Waals surface area (Å²) in [5.41, 5.74) is 1.02. The van der Waals surface area contributed by atoms with Crippen LogP contribution >= 0.6 is 0 Å². The van der Waals surface area contributed by atoms with Gasteiger partial charge < -0.3 is 4.90 Å². The standard InChI is InChI=1S/C11H10FN3O/c1-15(9-4-2-8(12)3-5-9)11(16)10-6-7-13-14-10/h2-7H,1H3,(H,13,14). The Morgan fingerprint density at radius 3 is 2.56 bits per heavy atom. The fraction of sp³-hybridized carbons (Fsp3) is 0.0909. The largest absolute Gasteiger partial charge is 0.310 e. The Balaban J connectivity index is 2.22. The summed E-state index contributed by atoms with van der Waals surface area (Å²) >= 11 is 0. The van der Waals surface area contributed by atoms with Crippen molar-refractivity contribution in [1.29, 1.82) is 0 Å². The lowest BCUT2D eigenvalue weighted by Crippen LogP contribution is -2.26. The molecule has 0 aliphatic carbocycles. The zero-order valence-electron chi connectivity index (χ0n) is 8.64. The van der Waals surface area contributed by atoms with Gasteiger partial charge in [-0.05, 0) is 30.3 Å². The first-order chi connectivity index (χ1) is 7.68. The van der Waals surface area contributed by atoms with Crippen molar-refractivity contribution in [3.8, 4) is 0 Å². The maximum absolute atomic E-state index is 12.7. The van der Waals surface area contributed by atoms with E-state index < -0.39 is 0 Å². The highest BCUT2D eigenvalue weighted by Crippen LogP contribution is 2.14. The molecule has 0 bridgehead atoms. The van der Waals surface area contributed by atoms with Gasteiger partial charge in [0.2, 0.25) is 0 Å². The average molecular weight is 219 g/mol. The highest BCUT2D eigenvalue weighted by molar-refractivity contribution is 6.04. The number of carbonyl (C=O) groups is 1. The van der Waals surface area contributed by atoms with E-state index in [9.17, 15) is 9.18 Å². The van der Waals surface area contributed by atoms with Crippen molar-refractivity contribution in [3.63, 3.8) is 0 Å². The van der Waals surface area contributed by atoms with Crippen LogP contribution < -0.4 is 4.90 Å². The van der Waals surface area contributed by atoms with Crippen LogP contribution in [0.1, 0.15) is 10.5 Å². The average Bonchev–Trinajstić information content (AvgIpc) is 2.81. The number of anilines is 1. The SMILES string of the molecule is CN(C(=O)c1ccn[nH]1)c1ccc(F)cc1. The zero-order valence-corrected chi connectivity index (χ0v) is 8.64. The molecule has 0 fully saturated rings. The lowest BCUT2D eigenvalue weighted by atomic mass is 10.2. The minimum atomic E-state index is -0.328. The first-order valence-electron chi connectivity index (χ1n) is 4.71. The second kappa shape index (κ2) is 4.14. The molecule has 0 saturated carbocycles. The molecule has 2 aromatic rings. The van der Waals surface area contributed by atoms with E-state index in [2.05, 4.69) is 10.2 Å². The lowest BCUT2D eigenvalue weighted by Gasteiger charge is -2.15. The third-order valence-electron chi connectivity index (χ3n) is 2.25. The number of hydrogen-bond acceptors (Lipinski definition) is 2. The third-order valence-corrected chi connectivity index (χ3v) is 2.25. The number of halogens is 1. The number of carbonyl (C=O) groups excluding carboxylic acids is 1. The van der Waals surface area contributed by atoms with Gasteiger partial charge in [0, 0.05) is 18.9 Å². The summed E-state index contributed by atoms with van der Waals surface area (Å²) in [6.45, 7) is 0. The number of aromatic nitrogens is 2. The topological polar surface area (TPSA) is 49.0 Å². The Labute approximate surface area is 91.7 Å². The van der Waals surface area contributed by atoms with E-state index in [1.807, 2.05) is 0 Å². The molecule has 0 spiro atoms. The molecule has 1 aromatic heterocycles. The zero-order chi connectivity index (χ0) is 11.5. The summed E-state index contributed by atoms with van der Waals surface area (Å²) < 4.78 is 12.7. The molecule has 0 saturated heterocycles. The molecule has 0 aliphatic rings. The Morgan fingerprint density at radius 1 is 1.31 bits per heavy atom. The van der Waals surface area contributed by atoms with E-state index in [-0.39, 0.29) is 11.7 Å². The number of aromatic amines is 1. The minimum Gasteiger partial charge on any atom is -0.310 e. The molecule has 82 valence electrons. The predicted octanol–water partition coefficient (Wildman–Crippen LogP) is 1.83. The maximum atomic E-state index is 12.7.